The molecule has 6 heteroatoms. The molecule has 0 bridgehead atoms. The Morgan fingerprint density at radius 3 is 2.59 bits per heavy atom. The number of benzene rings is 2. The molecule has 0 saturated carbocycles. The van der Waals surface area contributed by atoms with Gasteiger partial charge in [-0.15, -0.1) is 0 Å². The summed E-state index contributed by atoms with van der Waals surface area (Å²) in [6.45, 7) is 3.72. The second kappa shape index (κ2) is 9.65. The molecule has 1 saturated heterocycles. The average molecular weight is 433 g/mol. The van der Waals surface area contributed by atoms with Crippen molar-refractivity contribution in [2.75, 3.05) is 44.8 Å². The molecular weight excluding hydrogens is 408 g/mol. The Labute approximate surface area is 169 Å². The quantitative estimate of drug-likeness (QED) is 0.692. The monoisotopic (exact) mass is 432 g/mol. The number of nitrogens with zero attached hydrogens (tertiary/aromatic N) is 2. The summed E-state index contributed by atoms with van der Waals surface area (Å²) in [7, 11) is 1.67. The van der Waals surface area contributed by atoms with Crippen LogP contribution in [0.1, 0.15) is 12.8 Å². The zero-order valence-corrected chi connectivity index (χ0v) is 17.2. The van der Waals surface area contributed by atoms with E-state index in [0.29, 0.717) is 13.0 Å². The van der Waals surface area contributed by atoms with E-state index < -0.39 is 0 Å². The maximum atomic E-state index is 12.5. The Morgan fingerprint density at radius 2 is 1.85 bits per heavy atom. The van der Waals surface area contributed by atoms with Crippen molar-refractivity contribution in [2.24, 2.45) is 0 Å². The van der Waals surface area contributed by atoms with Gasteiger partial charge < -0.3 is 19.3 Å². The first-order valence-electron chi connectivity index (χ1n) is 9.21. The maximum Gasteiger partial charge on any atom is 0.226 e. The minimum atomic E-state index is 0.154. The lowest BCUT2D eigenvalue weighted by Crippen LogP contribution is -2.35. The van der Waals surface area contributed by atoms with Crippen LogP contribution in [0.5, 0.6) is 11.5 Å². The molecule has 0 unspecified atom stereocenters. The lowest BCUT2D eigenvalue weighted by molar-refractivity contribution is -0.131. The van der Waals surface area contributed by atoms with Crippen LogP contribution >= 0.6 is 15.9 Å². The lowest BCUT2D eigenvalue weighted by atomic mass is 10.2. The molecule has 144 valence electrons. The van der Waals surface area contributed by atoms with Crippen LogP contribution in [0, 0.1) is 0 Å². The molecule has 1 aliphatic heterocycles. The SMILES string of the molecule is COc1ccc(N2CCCN(C(=O)CCOc3cccc(Br)c3)CC2)cc1. The number of hydrogen-bond donors (Lipinski definition) is 0. The highest BCUT2D eigenvalue weighted by Gasteiger charge is 2.19. The number of rotatable bonds is 6. The molecule has 0 aromatic heterocycles. The molecule has 2 aromatic rings. The van der Waals surface area contributed by atoms with Gasteiger partial charge in [0.15, 0.2) is 0 Å². The van der Waals surface area contributed by atoms with E-state index in [4.69, 9.17) is 9.47 Å². The predicted molar refractivity (Wildman–Crippen MR) is 111 cm³/mol. The van der Waals surface area contributed by atoms with Crippen LogP contribution in [-0.2, 0) is 4.79 Å². The Balaban J connectivity index is 1.47. The second-order valence-electron chi connectivity index (χ2n) is 6.48. The van der Waals surface area contributed by atoms with Crippen LogP contribution in [0.2, 0.25) is 0 Å². The highest BCUT2D eigenvalue weighted by molar-refractivity contribution is 9.10. The first kappa shape index (κ1) is 19.5. The maximum absolute atomic E-state index is 12.5. The Hall–Kier alpha value is -2.21. The standard InChI is InChI=1S/C21H25BrN2O3/c1-26-19-8-6-18(7-9-19)23-11-3-12-24(14-13-23)21(25)10-15-27-20-5-2-4-17(22)16-20/h2,4-9,16H,3,10-15H2,1H3. The van der Waals surface area contributed by atoms with Gasteiger partial charge >= 0.3 is 0 Å². The van der Waals surface area contributed by atoms with Gasteiger partial charge in [0.05, 0.1) is 20.1 Å². The predicted octanol–water partition coefficient (Wildman–Crippen LogP) is 3.97. The highest BCUT2D eigenvalue weighted by atomic mass is 79.9. The zero-order chi connectivity index (χ0) is 19.1. The normalized spacial score (nSPS) is 14.6. The molecule has 0 radical (unpaired) electrons. The fraction of sp³-hybridized carbons (Fsp3) is 0.381. The van der Waals surface area contributed by atoms with E-state index in [1.54, 1.807) is 7.11 Å². The Kier molecular flexibility index (Phi) is 6.98. The van der Waals surface area contributed by atoms with Crippen molar-refractivity contribution in [2.45, 2.75) is 12.8 Å². The molecule has 2 aromatic carbocycles. The lowest BCUT2D eigenvalue weighted by Gasteiger charge is -2.24. The Morgan fingerprint density at radius 1 is 1.04 bits per heavy atom. The van der Waals surface area contributed by atoms with E-state index in [1.807, 2.05) is 41.3 Å². The third-order valence-electron chi connectivity index (χ3n) is 4.67. The van der Waals surface area contributed by atoms with E-state index in [-0.39, 0.29) is 5.91 Å². The van der Waals surface area contributed by atoms with Gasteiger partial charge in [-0.25, -0.2) is 0 Å². The van der Waals surface area contributed by atoms with Crippen molar-refractivity contribution in [1.82, 2.24) is 4.90 Å². The molecule has 0 aliphatic carbocycles. The molecule has 1 fully saturated rings. The van der Waals surface area contributed by atoms with Crippen LogP contribution < -0.4 is 14.4 Å². The van der Waals surface area contributed by atoms with E-state index in [0.717, 1.165) is 48.6 Å². The van der Waals surface area contributed by atoms with Gasteiger partial charge in [0, 0.05) is 36.3 Å². The van der Waals surface area contributed by atoms with E-state index in [1.165, 1.54) is 5.69 Å². The van der Waals surface area contributed by atoms with Crippen molar-refractivity contribution in [3.05, 3.63) is 53.0 Å². The summed E-state index contributed by atoms with van der Waals surface area (Å²) in [4.78, 5) is 16.8. The summed E-state index contributed by atoms with van der Waals surface area (Å²) in [6.07, 6.45) is 1.36. The number of carbonyl (C=O) groups excluding carboxylic acids is 1. The summed E-state index contributed by atoms with van der Waals surface area (Å²) < 4.78 is 11.9. The number of hydrogen-bond acceptors (Lipinski definition) is 4. The number of halogens is 1. The minimum absolute atomic E-state index is 0.154. The van der Waals surface area contributed by atoms with E-state index in [9.17, 15) is 4.79 Å². The van der Waals surface area contributed by atoms with Crippen molar-refractivity contribution in [1.29, 1.82) is 0 Å². The summed E-state index contributed by atoms with van der Waals surface area (Å²) in [5.74, 6) is 1.79. The summed E-state index contributed by atoms with van der Waals surface area (Å²) in [6, 6.07) is 15.8. The van der Waals surface area contributed by atoms with Crippen molar-refractivity contribution < 1.29 is 14.3 Å². The number of anilines is 1. The van der Waals surface area contributed by atoms with Crippen LogP contribution in [0.15, 0.2) is 53.0 Å². The van der Waals surface area contributed by atoms with Crippen molar-refractivity contribution in [3.8, 4) is 11.5 Å². The molecule has 27 heavy (non-hydrogen) atoms. The molecule has 0 atom stereocenters. The first-order valence-corrected chi connectivity index (χ1v) is 10.00. The summed E-state index contributed by atoms with van der Waals surface area (Å²) in [5, 5.41) is 0. The summed E-state index contributed by atoms with van der Waals surface area (Å²) in [5.41, 5.74) is 1.17. The van der Waals surface area contributed by atoms with E-state index in [2.05, 4.69) is 33.0 Å². The largest absolute Gasteiger partial charge is 0.497 e. The van der Waals surface area contributed by atoms with Crippen LogP contribution in [0.4, 0.5) is 5.69 Å². The molecule has 3 rings (SSSR count). The molecule has 1 aliphatic rings. The Bertz CT molecular complexity index is 751. The van der Waals surface area contributed by atoms with Gasteiger partial charge in [0.1, 0.15) is 11.5 Å². The molecule has 0 N–H and O–H groups in total. The smallest absolute Gasteiger partial charge is 0.226 e. The van der Waals surface area contributed by atoms with Gasteiger partial charge in [-0.3, -0.25) is 4.79 Å². The number of methoxy groups -OCH3 is 1. The number of amides is 1. The highest BCUT2D eigenvalue weighted by Crippen LogP contribution is 2.21. The summed E-state index contributed by atoms with van der Waals surface area (Å²) >= 11 is 3.42. The number of carbonyl (C=O) groups is 1. The van der Waals surface area contributed by atoms with Gasteiger partial charge in [0.25, 0.3) is 0 Å². The topological polar surface area (TPSA) is 42.0 Å². The van der Waals surface area contributed by atoms with Crippen LogP contribution in [-0.4, -0.2) is 50.7 Å². The minimum Gasteiger partial charge on any atom is -0.497 e. The number of ether oxygens (including phenoxy) is 2. The molecular formula is C21H25BrN2O3. The first-order chi connectivity index (χ1) is 13.2. The van der Waals surface area contributed by atoms with Crippen molar-refractivity contribution >= 4 is 27.5 Å². The van der Waals surface area contributed by atoms with E-state index >= 15 is 0 Å². The third-order valence-corrected chi connectivity index (χ3v) is 5.16. The second-order valence-corrected chi connectivity index (χ2v) is 7.39. The van der Waals surface area contributed by atoms with Crippen molar-refractivity contribution in [3.63, 3.8) is 0 Å². The van der Waals surface area contributed by atoms with Gasteiger partial charge in [-0.2, -0.15) is 0 Å². The molecule has 1 heterocycles. The fourth-order valence-corrected chi connectivity index (χ4v) is 3.57. The molecule has 5 nitrogen and oxygen atoms in total. The molecule has 1 amide bonds. The average Bonchev–Trinajstić information content (AvgIpc) is 2.94. The van der Waals surface area contributed by atoms with Crippen LogP contribution in [0.25, 0.3) is 0 Å². The van der Waals surface area contributed by atoms with Crippen LogP contribution in [0.3, 0.4) is 0 Å². The fourth-order valence-electron chi connectivity index (χ4n) is 3.19. The van der Waals surface area contributed by atoms with Gasteiger partial charge in [-0.1, -0.05) is 22.0 Å². The third kappa shape index (κ3) is 5.63. The van der Waals surface area contributed by atoms with Gasteiger partial charge in [-0.05, 0) is 48.9 Å². The molecule has 0 spiro atoms. The zero-order valence-electron chi connectivity index (χ0n) is 15.6. The van der Waals surface area contributed by atoms with Gasteiger partial charge in [0.2, 0.25) is 5.91 Å².